The van der Waals surface area contributed by atoms with Gasteiger partial charge in [-0.1, -0.05) is 18.2 Å². The molecule has 1 aliphatic rings. The average Bonchev–Trinajstić information content (AvgIpc) is 3.51. The van der Waals surface area contributed by atoms with Crippen molar-refractivity contribution >= 4 is 21.6 Å². The lowest BCUT2D eigenvalue weighted by atomic mass is 10.1. The molecule has 2 aromatic rings. The Kier molecular flexibility index (Phi) is 5.67. The van der Waals surface area contributed by atoms with Gasteiger partial charge in [-0.3, -0.25) is 9.52 Å². The van der Waals surface area contributed by atoms with E-state index in [1.807, 2.05) is 0 Å². The Morgan fingerprint density at radius 2 is 1.96 bits per heavy atom. The number of ether oxygens (including phenoxy) is 1. The first-order valence-corrected chi connectivity index (χ1v) is 10.2. The second kappa shape index (κ2) is 7.98. The summed E-state index contributed by atoms with van der Waals surface area (Å²) in [4.78, 5) is 12.5. The second-order valence-corrected chi connectivity index (χ2v) is 8.17. The van der Waals surface area contributed by atoms with Crippen molar-refractivity contribution in [3.05, 3.63) is 54.1 Å². The van der Waals surface area contributed by atoms with Crippen LogP contribution < -0.4 is 20.5 Å². The van der Waals surface area contributed by atoms with Crippen LogP contribution in [-0.4, -0.2) is 34.0 Å². The van der Waals surface area contributed by atoms with E-state index in [0.717, 1.165) is 12.8 Å². The summed E-state index contributed by atoms with van der Waals surface area (Å²) in [6, 6.07) is 12.6. The first kappa shape index (κ1) is 19.2. The fourth-order valence-electron chi connectivity index (χ4n) is 2.86. The maximum atomic E-state index is 12.7. The van der Waals surface area contributed by atoms with Crippen LogP contribution in [0.25, 0.3) is 0 Å². The Balaban J connectivity index is 1.80. The molecular weight excluding hydrogens is 366 g/mol. The molecule has 1 amide bonds. The summed E-state index contributed by atoms with van der Waals surface area (Å²) in [5.41, 5.74) is 6.32. The fraction of sp³-hybridized carbons (Fsp3) is 0.316. The lowest BCUT2D eigenvalue weighted by Gasteiger charge is -2.16. The van der Waals surface area contributed by atoms with E-state index in [4.69, 9.17) is 10.5 Å². The predicted octanol–water partition coefficient (Wildman–Crippen LogP) is 1.96. The van der Waals surface area contributed by atoms with E-state index in [9.17, 15) is 13.2 Å². The number of benzene rings is 2. The van der Waals surface area contributed by atoms with Crippen molar-refractivity contribution in [3.8, 4) is 5.75 Å². The number of carbonyl (C=O) groups excluding carboxylic acids is 1. The highest BCUT2D eigenvalue weighted by Gasteiger charge is 2.31. The maximum Gasteiger partial charge on any atom is 0.262 e. The highest BCUT2D eigenvalue weighted by molar-refractivity contribution is 7.92. The molecular formula is C19H23N3O4S. The van der Waals surface area contributed by atoms with Gasteiger partial charge >= 0.3 is 0 Å². The quantitative estimate of drug-likeness (QED) is 0.639. The Hall–Kier alpha value is -2.58. The highest BCUT2D eigenvalue weighted by atomic mass is 32.2. The fourth-order valence-corrected chi connectivity index (χ4v) is 3.97. The Bertz CT molecular complexity index is 926. The van der Waals surface area contributed by atoms with Crippen LogP contribution >= 0.6 is 0 Å². The van der Waals surface area contributed by atoms with Crippen LogP contribution in [0, 0.1) is 5.92 Å². The van der Waals surface area contributed by atoms with Crippen LogP contribution in [0.1, 0.15) is 23.2 Å². The van der Waals surface area contributed by atoms with E-state index in [0.29, 0.717) is 23.9 Å². The molecule has 0 saturated heterocycles. The normalized spacial score (nSPS) is 15.0. The summed E-state index contributed by atoms with van der Waals surface area (Å²) in [5, 5.41) is 2.89. The molecule has 1 saturated carbocycles. The largest absolute Gasteiger partial charge is 0.495 e. The van der Waals surface area contributed by atoms with Gasteiger partial charge in [-0.2, -0.15) is 0 Å². The summed E-state index contributed by atoms with van der Waals surface area (Å²) >= 11 is 0. The standard InChI is InChI=1S/C19H23N3O4S/c1-26-18-8-3-2-7-16(18)22-27(24,25)15-6-4-5-14(11-15)19(23)21-17(12-20)13-9-10-13/h2-8,11,13,17,22H,9-10,12,20H2,1H3,(H,21,23). The van der Waals surface area contributed by atoms with Gasteiger partial charge < -0.3 is 15.8 Å². The topological polar surface area (TPSA) is 111 Å². The van der Waals surface area contributed by atoms with Crippen molar-refractivity contribution in [3.63, 3.8) is 0 Å². The number of para-hydroxylation sites is 2. The zero-order valence-corrected chi connectivity index (χ0v) is 15.8. The van der Waals surface area contributed by atoms with E-state index in [2.05, 4.69) is 10.0 Å². The molecule has 0 aromatic heterocycles. The Morgan fingerprint density at radius 1 is 1.22 bits per heavy atom. The highest BCUT2D eigenvalue weighted by Crippen LogP contribution is 2.32. The van der Waals surface area contributed by atoms with Gasteiger partial charge in [0.05, 0.1) is 17.7 Å². The van der Waals surface area contributed by atoms with Gasteiger partial charge in [0.25, 0.3) is 15.9 Å². The molecule has 1 atom stereocenters. The summed E-state index contributed by atoms with van der Waals surface area (Å²) in [5.74, 6) is 0.495. The molecule has 8 heteroatoms. The predicted molar refractivity (Wildman–Crippen MR) is 103 cm³/mol. The van der Waals surface area contributed by atoms with E-state index < -0.39 is 10.0 Å². The first-order valence-electron chi connectivity index (χ1n) is 8.71. The molecule has 27 heavy (non-hydrogen) atoms. The number of hydrogen-bond acceptors (Lipinski definition) is 5. The van der Waals surface area contributed by atoms with Gasteiger partial charge in [0.2, 0.25) is 0 Å². The summed E-state index contributed by atoms with van der Waals surface area (Å²) in [6.45, 7) is 0.365. The van der Waals surface area contributed by atoms with Crippen LogP contribution in [-0.2, 0) is 10.0 Å². The second-order valence-electron chi connectivity index (χ2n) is 6.49. The van der Waals surface area contributed by atoms with E-state index in [-0.39, 0.29) is 22.4 Å². The van der Waals surface area contributed by atoms with Gasteiger partial charge in [-0.25, -0.2) is 8.42 Å². The number of nitrogens with two attached hydrogens (primary N) is 1. The summed E-state index contributed by atoms with van der Waals surface area (Å²) in [7, 11) is -2.41. The monoisotopic (exact) mass is 389 g/mol. The molecule has 0 bridgehead atoms. The lowest BCUT2D eigenvalue weighted by molar-refractivity contribution is 0.0933. The number of rotatable bonds is 8. The summed E-state index contributed by atoms with van der Waals surface area (Å²) < 4.78 is 33.1. The maximum absolute atomic E-state index is 12.7. The van der Waals surface area contributed by atoms with Crippen molar-refractivity contribution in [1.29, 1.82) is 0 Å². The SMILES string of the molecule is COc1ccccc1NS(=O)(=O)c1cccc(C(=O)NC(CN)C2CC2)c1. The number of sulfonamides is 1. The van der Waals surface area contributed by atoms with Crippen molar-refractivity contribution in [2.75, 3.05) is 18.4 Å². The number of carbonyl (C=O) groups is 1. The third-order valence-corrected chi connectivity index (χ3v) is 5.88. The van der Waals surface area contributed by atoms with E-state index in [1.54, 1.807) is 36.4 Å². The molecule has 0 radical (unpaired) electrons. The lowest BCUT2D eigenvalue weighted by Crippen LogP contribution is -2.41. The number of hydrogen-bond donors (Lipinski definition) is 3. The third-order valence-electron chi connectivity index (χ3n) is 4.52. The van der Waals surface area contributed by atoms with E-state index in [1.165, 1.54) is 19.2 Å². The van der Waals surface area contributed by atoms with Gasteiger partial charge in [0, 0.05) is 18.2 Å². The average molecular weight is 389 g/mol. The van der Waals surface area contributed by atoms with Gasteiger partial charge in [-0.05, 0) is 49.1 Å². The molecule has 1 unspecified atom stereocenters. The molecule has 0 heterocycles. The van der Waals surface area contributed by atoms with Crippen LogP contribution in [0.4, 0.5) is 5.69 Å². The molecule has 0 aliphatic heterocycles. The van der Waals surface area contributed by atoms with Crippen molar-refractivity contribution in [1.82, 2.24) is 5.32 Å². The van der Waals surface area contributed by atoms with Crippen LogP contribution in [0.15, 0.2) is 53.4 Å². The van der Waals surface area contributed by atoms with Crippen LogP contribution in [0.3, 0.4) is 0 Å². The number of anilines is 1. The Labute approximate surface area is 159 Å². The van der Waals surface area contributed by atoms with Gasteiger partial charge in [-0.15, -0.1) is 0 Å². The van der Waals surface area contributed by atoms with Gasteiger partial charge in [0.1, 0.15) is 5.75 Å². The molecule has 144 valence electrons. The molecule has 0 spiro atoms. The molecule has 2 aromatic carbocycles. The first-order chi connectivity index (χ1) is 12.9. The minimum Gasteiger partial charge on any atom is -0.495 e. The number of methoxy groups -OCH3 is 1. The minimum absolute atomic E-state index is 0.00298. The van der Waals surface area contributed by atoms with Crippen molar-refractivity contribution in [2.45, 2.75) is 23.8 Å². The van der Waals surface area contributed by atoms with Crippen molar-refractivity contribution in [2.24, 2.45) is 11.7 Å². The van der Waals surface area contributed by atoms with Crippen LogP contribution in [0.5, 0.6) is 5.75 Å². The molecule has 3 rings (SSSR count). The molecule has 1 aliphatic carbocycles. The Morgan fingerprint density at radius 3 is 2.63 bits per heavy atom. The molecule has 4 N–H and O–H groups in total. The zero-order valence-electron chi connectivity index (χ0n) is 15.0. The van der Waals surface area contributed by atoms with Crippen LogP contribution in [0.2, 0.25) is 0 Å². The summed E-state index contributed by atoms with van der Waals surface area (Å²) in [6.07, 6.45) is 2.11. The third kappa shape index (κ3) is 4.58. The molecule has 7 nitrogen and oxygen atoms in total. The van der Waals surface area contributed by atoms with E-state index >= 15 is 0 Å². The number of nitrogens with one attached hydrogen (secondary N) is 2. The number of amides is 1. The van der Waals surface area contributed by atoms with Gasteiger partial charge in [0.15, 0.2) is 0 Å². The minimum atomic E-state index is -3.87. The zero-order chi connectivity index (χ0) is 19.4. The smallest absolute Gasteiger partial charge is 0.262 e. The van der Waals surface area contributed by atoms with Crippen molar-refractivity contribution < 1.29 is 17.9 Å². The molecule has 1 fully saturated rings.